The molecule has 0 aliphatic rings. The quantitative estimate of drug-likeness (QED) is 0.0989. The van der Waals surface area contributed by atoms with Gasteiger partial charge in [-0.05, 0) is 74.2 Å². The highest BCUT2D eigenvalue weighted by molar-refractivity contribution is 7.81. The van der Waals surface area contributed by atoms with Gasteiger partial charge in [0.2, 0.25) is 11.8 Å². The smallest absolute Gasteiger partial charge is 0.410 e. The zero-order valence-electron chi connectivity index (χ0n) is 26.9. The first-order valence-corrected chi connectivity index (χ1v) is 16.2. The molecule has 3 N–H and O–H groups in total. The average Bonchev–Trinajstić information content (AvgIpc) is 3.08. The van der Waals surface area contributed by atoms with Crippen LogP contribution in [0.4, 0.5) is 30.6 Å². The Labute approximate surface area is 287 Å². The Morgan fingerprint density at radius 3 is 2.50 bits per heavy atom. The average molecular weight is 706 g/mol. The van der Waals surface area contributed by atoms with Crippen molar-refractivity contribution in [1.29, 1.82) is 0 Å². The summed E-state index contributed by atoms with van der Waals surface area (Å²) in [5, 5.41) is 3.39. The molecular formula is C34H31F2N6O7S-. The third-order valence-electron chi connectivity index (χ3n) is 7.44. The number of aryl methyl sites for hydroxylation is 1. The van der Waals surface area contributed by atoms with E-state index in [1.54, 1.807) is 37.3 Å². The number of nitrogens with two attached hydrogens (primary N) is 1. The molecular weight excluding hydrogens is 674 g/mol. The maximum absolute atomic E-state index is 14.8. The molecule has 2 heterocycles. The number of primary amides is 1. The fourth-order valence-corrected chi connectivity index (χ4v) is 5.70. The highest BCUT2D eigenvalue weighted by Gasteiger charge is 2.22. The van der Waals surface area contributed by atoms with Gasteiger partial charge in [-0.25, -0.2) is 28.5 Å². The number of hydrogen-bond donors (Lipinski definition) is 2. The summed E-state index contributed by atoms with van der Waals surface area (Å²) in [5.41, 5.74) is 7.09. The van der Waals surface area contributed by atoms with Gasteiger partial charge in [-0.15, -0.1) is 0 Å². The van der Waals surface area contributed by atoms with Gasteiger partial charge in [0.1, 0.15) is 29.1 Å². The van der Waals surface area contributed by atoms with E-state index in [9.17, 15) is 27.1 Å². The van der Waals surface area contributed by atoms with Gasteiger partial charge in [0, 0.05) is 35.3 Å². The number of rotatable bonds is 14. The zero-order chi connectivity index (χ0) is 35.8. The largest absolute Gasteiger partial charge is 0.755 e. The molecule has 0 saturated carbocycles. The fourth-order valence-electron chi connectivity index (χ4n) is 5.10. The van der Waals surface area contributed by atoms with E-state index in [1.807, 2.05) is 0 Å². The second-order valence-corrected chi connectivity index (χ2v) is 11.6. The van der Waals surface area contributed by atoms with Crippen molar-refractivity contribution in [2.45, 2.75) is 32.6 Å². The van der Waals surface area contributed by atoms with Crippen molar-refractivity contribution >= 4 is 51.2 Å². The molecule has 0 saturated heterocycles. The van der Waals surface area contributed by atoms with Gasteiger partial charge in [-0.3, -0.25) is 13.3 Å². The number of halogens is 2. The van der Waals surface area contributed by atoms with Gasteiger partial charge in [-0.1, -0.05) is 12.1 Å². The second-order valence-electron chi connectivity index (χ2n) is 10.8. The third kappa shape index (κ3) is 8.45. The number of aromatic nitrogens is 3. The molecule has 16 heteroatoms. The lowest BCUT2D eigenvalue weighted by Crippen LogP contribution is -2.22. The second kappa shape index (κ2) is 16.1. The minimum atomic E-state index is -3.04. The number of nitrogens with one attached hydrogen (secondary N) is 1. The molecule has 0 aliphatic carbocycles. The van der Waals surface area contributed by atoms with E-state index in [4.69, 9.17) is 19.9 Å². The van der Waals surface area contributed by atoms with Crippen LogP contribution in [0.3, 0.4) is 0 Å². The van der Waals surface area contributed by atoms with Crippen molar-refractivity contribution in [1.82, 2.24) is 15.0 Å². The molecule has 0 spiro atoms. The first-order chi connectivity index (χ1) is 24.0. The monoisotopic (exact) mass is 705 g/mol. The topological polar surface area (TPSA) is 182 Å². The Morgan fingerprint density at radius 2 is 1.76 bits per heavy atom. The van der Waals surface area contributed by atoms with Crippen LogP contribution in [0.5, 0.6) is 17.4 Å². The van der Waals surface area contributed by atoms with Crippen LogP contribution in [0.25, 0.3) is 22.0 Å². The summed E-state index contributed by atoms with van der Waals surface area (Å²) in [4.78, 5) is 36.6. The SMILES string of the molecule is COc1ncc(-c2cc(OCCCCCC(=O)Nc3ccccc3OC(N)=O)c3ncnc(C)c3c2)cc1N(c1ccc(F)cc1F)S(=O)[O-]. The summed E-state index contributed by atoms with van der Waals surface area (Å²) in [6.07, 6.45) is 3.93. The van der Waals surface area contributed by atoms with Crippen molar-refractivity contribution in [3.05, 3.63) is 90.5 Å². The van der Waals surface area contributed by atoms with Crippen LogP contribution >= 0.6 is 0 Å². The highest BCUT2D eigenvalue weighted by atomic mass is 32.2. The normalized spacial score (nSPS) is 11.5. The van der Waals surface area contributed by atoms with Crippen LogP contribution in [0.1, 0.15) is 31.4 Å². The number of nitrogens with zero attached hydrogens (tertiary/aromatic N) is 4. The zero-order valence-corrected chi connectivity index (χ0v) is 27.7. The molecule has 5 aromatic rings. The summed E-state index contributed by atoms with van der Waals surface area (Å²) >= 11 is -3.04. The first kappa shape index (κ1) is 35.6. The van der Waals surface area contributed by atoms with Gasteiger partial charge in [0.15, 0.2) is 11.6 Å². The number of pyridine rings is 1. The Bertz CT molecular complexity index is 2070. The number of anilines is 3. The van der Waals surface area contributed by atoms with Crippen molar-refractivity contribution in [2.75, 3.05) is 23.3 Å². The molecule has 2 aromatic heterocycles. The summed E-state index contributed by atoms with van der Waals surface area (Å²) in [7, 11) is 1.29. The van der Waals surface area contributed by atoms with Crippen LogP contribution in [-0.4, -0.2) is 49.4 Å². The van der Waals surface area contributed by atoms with Gasteiger partial charge in [-0.2, -0.15) is 0 Å². The highest BCUT2D eigenvalue weighted by Crippen LogP contribution is 2.39. The molecule has 1 unspecified atom stereocenters. The fraction of sp³-hybridized carbons (Fsp3) is 0.206. The van der Waals surface area contributed by atoms with Crippen molar-refractivity contribution in [3.8, 4) is 28.5 Å². The van der Waals surface area contributed by atoms with Crippen molar-refractivity contribution in [2.24, 2.45) is 5.73 Å². The third-order valence-corrected chi connectivity index (χ3v) is 8.13. The number of ether oxygens (including phenoxy) is 3. The summed E-state index contributed by atoms with van der Waals surface area (Å²) in [5.74, 6) is -1.77. The number of amides is 2. The molecule has 0 radical (unpaired) electrons. The van der Waals surface area contributed by atoms with Crippen molar-refractivity contribution in [3.63, 3.8) is 0 Å². The summed E-state index contributed by atoms with van der Waals surface area (Å²) in [6.45, 7) is 2.09. The first-order valence-electron chi connectivity index (χ1n) is 15.2. The van der Waals surface area contributed by atoms with E-state index in [0.717, 1.165) is 12.1 Å². The predicted molar refractivity (Wildman–Crippen MR) is 181 cm³/mol. The van der Waals surface area contributed by atoms with Crippen molar-refractivity contribution < 1.29 is 41.3 Å². The van der Waals surface area contributed by atoms with Gasteiger partial charge in [0.05, 0.1) is 36.4 Å². The van der Waals surface area contributed by atoms with E-state index in [-0.39, 0.29) is 36.3 Å². The molecule has 260 valence electrons. The van der Waals surface area contributed by atoms with E-state index >= 15 is 0 Å². The van der Waals surface area contributed by atoms with Gasteiger partial charge in [0.25, 0.3) is 0 Å². The van der Waals surface area contributed by atoms with Crippen LogP contribution in [-0.2, 0) is 16.1 Å². The molecule has 2 amide bonds. The van der Waals surface area contributed by atoms with E-state index < -0.39 is 34.7 Å². The Kier molecular flexibility index (Phi) is 11.5. The Morgan fingerprint density at radius 1 is 0.960 bits per heavy atom. The molecule has 13 nitrogen and oxygen atoms in total. The van der Waals surface area contributed by atoms with Gasteiger partial charge >= 0.3 is 6.09 Å². The van der Waals surface area contributed by atoms with Crippen LogP contribution < -0.4 is 29.6 Å². The molecule has 5 rings (SSSR count). The molecule has 1 atom stereocenters. The minimum Gasteiger partial charge on any atom is -0.755 e. The predicted octanol–water partition coefficient (Wildman–Crippen LogP) is 6.25. The van der Waals surface area contributed by atoms with Crippen LogP contribution in [0, 0.1) is 18.6 Å². The lowest BCUT2D eigenvalue weighted by Gasteiger charge is -2.28. The summed E-state index contributed by atoms with van der Waals surface area (Å²) < 4.78 is 70.2. The van der Waals surface area contributed by atoms with Crippen LogP contribution in [0.15, 0.2) is 73.2 Å². The van der Waals surface area contributed by atoms with E-state index in [2.05, 4.69) is 20.3 Å². The number of hydrogen-bond acceptors (Lipinski definition) is 10. The Balaban J connectivity index is 1.32. The molecule has 0 bridgehead atoms. The molecule has 50 heavy (non-hydrogen) atoms. The number of carbonyl (C=O) groups is 2. The molecule has 0 fully saturated rings. The number of para-hydroxylation sites is 2. The number of methoxy groups -OCH3 is 1. The van der Waals surface area contributed by atoms with Crippen LogP contribution in [0.2, 0.25) is 0 Å². The summed E-state index contributed by atoms with van der Waals surface area (Å²) in [6, 6.07) is 14.0. The number of fused-ring (bicyclic) bond motifs is 1. The van der Waals surface area contributed by atoms with E-state index in [0.29, 0.717) is 68.8 Å². The maximum atomic E-state index is 14.8. The standard InChI is InChI=1S/C34H32F2N6O7S/c1-20-24-14-21(22-15-28(33(47-2)38-18-22)42(50(45)46)27-12-11-23(35)17-25(27)36)16-30(32(24)40-19-39-20)48-13-7-3-4-10-31(43)41-26-8-5-6-9-29(26)49-34(37)44/h5-6,8-9,11-12,14-19H,3-4,7,10,13H2,1-2H3,(H2,37,44)(H,41,43)(H,45,46)/p-1. The lowest BCUT2D eigenvalue weighted by molar-refractivity contribution is -0.116. The number of benzene rings is 3. The number of unbranched alkanes of at least 4 members (excludes halogenated alkanes) is 2. The maximum Gasteiger partial charge on any atom is 0.410 e. The minimum absolute atomic E-state index is 0.111. The molecule has 3 aromatic carbocycles. The lowest BCUT2D eigenvalue weighted by atomic mass is 10.0. The van der Waals surface area contributed by atoms with E-state index in [1.165, 1.54) is 31.8 Å². The Hall–Kier alpha value is -5.74. The molecule has 0 aliphatic heterocycles. The number of carbonyl (C=O) groups excluding carboxylic acids is 2. The van der Waals surface area contributed by atoms with Gasteiger partial charge < -0.3 is 29.8 Å².